The largest absolute Gasteiger partial charge is 0.385 e. The van der Waals surface area contributed by atoms with Crippen LogP contribution in [0, 0.1) is 11.2 Å². The van der Waals surface area contributed by atoms with Gasteiger partial charge in [-0.3, -0.25) is 4.98 Å². The van der Waals surface area contributed by atoms with Crippen LogP contribution in [-0.2, 0) is 5.60 Å². The predicted octanol–water partition coefficient (Wildman–Crippen LogP) is 2.62. The molecule has 0 spiro atoms. The van der Waals surface area contributed by atoms with Crippen molar-refractivity contribution in [2.45, 2.75) is 38.7 Å². The molecule has 2 nitrogen and oxygen atoms in total. The monoisotopic (exact) mass is 209 g/mol. The van der Waals surface area contributed by atoms with Crippen LogP contribution in [0.3, 0.4) is 0 Å². The molecule has 1 aliphatic rings. The van der Waals surface area contributed by atoms with Crippen molar-refractivity contribution in [1.82, 2.24) is 4.98 Å². The summed E-state index contributed by atoms with van der Waals surface area (Å²) in [6.45, 7) is 4.04. The maximum atomic E-state index is 13.1. The number of pyridine rings is 1. The summed E-state index contributed by atoms with van der Waals surface area (Å²) in [4.78, 5) is 3.80. The highest BCUT2D eigenvalue weighted by Crippen LogP contribution is 2.51. The summed E-state index contributed by atoms with van der Waals surface area (Å²) in [5.74, 6) is -0.386. The number of rotatable bonds is 1. The van der Waals surface area contributed by atoms with Crippen LogP contribution in [0.1, 0.15) is 38.7 Å². The Labute approximate surface area is 89.2 Å². The predicted molar refractivity (Wildman–Crippen MR) is 55.7 cm³/mol. The van der Waals surface area contributed by atoms with E-state index in [-0.39, 0.29) is 11.2 Å². The van der Waals surface area contributed by atoms with Gasteiger partial charge in [-0.15, -0.1) is 0 Å². The molecular weight excluding hydrogens is 193 g/mol. The van der Waals surface area contributed by atoms with Gasteiger partial charge in [0.1, 0.15) is 5.82 Å². The van der Waals surface area contributed by atoms with Crippen LogP contribution in [0.15, 0.2) is 18.5 Å². The molecule has 0 amide bonds. The highest BCUT2D eigenvalue weighted by molar-refractivity contribution is 5.23. The van der Waals surface area contributed by atoms with Gasteiger partial charge in [0.2, 0.25) is 0 Å². The molecule has 15 heavy (non-hydrogen) atoms. The van der Waals surface area contributed by atoms with Crippen molar-refractivity contribution in [3.8, 4) is 0 Å². The highest BCUT2D eigenvalue weighted by atomic mass is 19.1. The maximum absolute atomic E-state index is 13.1. The van der Waals surface area contributed by atoms with Crippen molar-refractivity contribution in [3.63, 3.8) is 0 Å². The summed E-state index contributed by atoms with van der Waals surface area (Å²) in [6.07, 6.45) is 5.34. The third-order valence-electron chi connectivity index (χ3n) is 3.64. The van der Waals surface area contributed by atoms with Crippen LogP contribution < -0.4 is 0 Å². The minimum Gasteiger partial charge on any atom is -0.385 e. The molecule has 1 unspecified atom stereocenters. The van der Waals surface area contributed by atoms with Gasteiger partial charge >= 0.3 is 0 Å². The summed E-state index contributed by atoms with van der Waals surface area (Å²) in [5, 5.41) is 10.6. The van der Waals surface area contributed by atoms with Crippen molar-refractivity contribution >= 4 is 0 Å². The summed E-state index contributed by atoms with van der Waals surface area (Å²) in [6, 6.07) is 1.39. The van der Waals surface area contributed by atoms with E-state index >= 15 is 0 Å². The van der Waals surface area contributed by atoms with Gasteiger partial charge in [0.15, 0.2) is 0 Å². The molecule has 0 aliphatic heterocycles. The minimum absolute atomic E-state index is 0.206. The first-order valence-corrected chi connectivity index (χ1v) is 5.29. The molecule has 0 aromatic carbocycles. The van der Waals surface area contributed by atoms with E-state index < -0.39 is 5.60 Å². The molecule has 1 fully saturated rings. The van der Waals surface area contributed by atoms with Crippen molar-refractivity contribution in [1.29, 1.82) is 0 Å². The van der Waals surface area contributed by atoms with Crippen molar-refractivity contribution in [2.24, 2.45) is 5.41 Å². The summed E-state index contributed by atoms with van der Waals surface area (Å²) in [7, 11) is 0. The zero-order valence-electron chi connectivity index (χ0n) is 9.13. The quantitative estimate of drug-likeness (QED) is 0.771. The van der Waals surface area contributed by atoms with E-state index in [1.165, 1.54) is 6.07 Å². The van der Waals surface area contributed by atoms with Gasteiger partial charge in [-0.1, -0.05) is 13.8 Å². The van der Waals surface area contributed by atoms with E-state index in [1.54, 1.807) is 6.20 Å². The van der Waals surface area contributed by atoms with E-state index in [0.29, 0.717) is 12.0 Å². The van der Waals surface area contributed by atoms with Gasteiger partial charge in [0.25, 0.3) is 0 Å². The second kappa shape index (κ2) is 3.27. The molecule has 2 rings (SSSR count). The van der Waals surface area contributed by atoms with Crippen molar-refractivity contribution in [3.05, 3.63) is 29.8 Å². The lowest BCUT2D eigenvalue weighted by molar-refractivity contribution is -0.0490. The second-order valence-corrected chi connectivity index (χ2v) is 4.99. The Morgan fingerprint density at radius 2 is 2.07 bits per heavy atom. The zero-order chi connectivity index (χ0) is 11.1. The molecule has 1 aromatic rings. The Kier molecular flexibility index (Phi) is 2.30. The number of aromatic nitrogens is 1. The molecule has 0 saturated heterocycles. The topological polar surface area (TPSA) is 33.1 Å². The first kappa shape index (κ1) is 10.6. The average molecular weight is 209 g/mol. The van der Waals surface area contributed by atoms with Gasteiger partial charge in [-0.2, -0.15) is 0 Å². The molecule has 1 saturated carbocycles. The van der Waals surface area contributed by atoms with Crippen LogP contribution in [0.2, 0.25) is 0 Å². The molecule has 1 N–H and O–H groups in total. The van der Waals surface area contributed by atoms with E-state index in [1.807, 2.05) is 13.8 Å². The Morgan fingerprint density at radius 1 is 1.33 bits per heavy atom. The summed E-state index contributed by atoms with van der Waals surface area (Å²) < 4.78 is 13.1. The third-order valence-corrected chi connectivity index (χ3v) is 3.64. The van der Waals surface area contributed by atoms with Crippen LogP contribution in [0.4, 0.5) is 4.39 Å². The zero-order valence-corrected chi connectivity index (χ0v) is 9.13. The van der Waals surface area contributed by atoms with E-state index in [0.717, 1.165) is 19.0 Å². The molecular formula is C12H16FNO. The normalized spacial score (nSPS) is 29.3. The maximum Gasteiger partial charge on any atom is 0.141 e. The number of halogens is 1. The van der Waals surface area contributed by atoms with Gasteiger partial charge in [-0.05, 0) is 30.7 Å². The fraction of sp³-hybridized carbons (Fsp3) is 0.583. The Balaban J connectivity index is 2.45. The molecule has 3 heteroatoms. The molecule has 1 aliphatic carbocycles. The van der Waals surface area contributed by atoms with Crippen LogP contribution in [-0.4, -0.2) is 10.1 Å². The van der Waals surface area contributed by atoms with Crippen LogP contribution in [0.25, 0.3) is 0 Å². The number of hydrogen-bond acceptors (Lipinski definition) is 2. The molecule has 1 aromatic heterocycles. The standard InChI is InChI=1S/C12H16FNO/c1-11(2)4-3-5-12(11,15)9-6-10(13)8-14-7-9/h6-8,15H,3-5H2,1-2H3. The lowest BCUT2D eigenvalue weighted by atomic mass is 9.74. The van der Waals surface area contributed by atoms with Gasteiger partial charge < -0.3 is 5.11 Å². The smallest absolute Gasteiger partial charge is 0.141 e. The second-order valence-electron chi connectivity index (χ2n) is 4.99. The highest BCUT2D eigenvalue weighted by Gasteiger charge is 2.48. The molecule has 1 atom stereocenters. The van der Waals surface area contributed by atoms with E-state index in [9.17, 15) is 9.50 Å². The minimum atomic E-state index is -0.928. The Hall–Kier alpha value is -0.960. The third kappa shape index (κ3) is 1.55. The SMILES string of the molecule is CC1(C)CCCC1(O)c1cncc(F)c1. The average Bonchev–Trinajstić information content (AvgIpc) is 2.43. The van der Waals surface area contributed by atoms with Gasteiger partial charge in [0, 0.05) is 11.8 Å². The molecule has 0 bridgehead atoms. The molecule has 82 valence electrons. The van der Waals surface area contributed by atoms with Gasteiger partial charge in [-0.25, -0.2) is 4.39 Å². The fourth-order valence-corrected chi connectivity index (χ4v) is 2.50. The molecule has 1 heterocycles. The van der Waals surface area contributed by atoms with Crippen LogP contribution >= 0.6 is 0 Å². The fourth-order valence-electron chi connectivity index (χ4n) is 2.50. The van der Waals surface area contributed by atoms with E-state index in [2.05, 4.69) is 4.98 Å². The number of hydrogen-bond donors (Lipinski definition) is 1. The van der Waals surface area contributed by atoms with Crippen molar-refractivity contribution in [2.75, 3.05) is 0 Å². The van der Waals surface area contributed by atoms with Crippen LogP contribution in [0.5, 0.6) is 0 Å². The lowest BCUT2D eigenvalue weighted by Crippen LogP contribution is -2.37. The van der Waals surface area contributed by atoms with Gasteiger partial charge in [0.05, 0.1) is 11.8 Å². The first-order valence-electron chi connectivity index (χ1n) is 5.29. The Morgan fingerprint density at radius 3 is 2.60 bits per heavy atom. The lowest BCUT2D eigenvalue weighted by Gasteiger charge is -2.36. The summed E-state index contributed by atoms with van der Waals surface area (Å²) >= 11 is 0. The Bertz CT molecular complexity index is 378. The summed E-state index contributed by atoms with van der Waals surface area (Å²) in [5.41, 5.74) is -0.533. The van der Waals surface area contributed by atoms with Crippen molar-refractivity contribution < 1.29 is 9.50 Å². The first-order chi connectivity index (χ1) is 6.96. The molecule has 0 radical (unpaired) electrons. The number of nitrogens with zero attached hydrogens (tertiary/aromatic N) is 1. The van der Waals surface area contributed by atoms with E-state index in [4.69, 9.17) is 0 Å². The number of aliphatic hydroxyl groups is 1.